The third-order valence-electron chi connectivity index (χ3n) is 0.718. The first kappa shape index (κ1) is 3.53. The highest BCUT2D eigenvalue weighted by atomic mass is 15.1. The SMILES string of the molecule is CC1=[C]NCN1. The first-order valence-corrected chi connectivity index (χ1v) is 1.96. The molecule has 1 aliphatic rings. The van der Waals surface area contributed by atoms with Crippen LogP contribution < -0.4 is 10.6 Å². The standard InChI is InChI=1S/C4H7N2/c1-4-2-5-3-6-4/h5-6H,3H2,1H3. The highest BCUT2D eigenvalue weighted by Gasteiger charge is 1.91. The molecule has 0 saturated carbocycles. The van der Waals surface area contributed by atoms with Crippen molar-refractivity contribution < 1.29 is 0 Å². The average Bonchev–Trinajstić information content (AvgIpc) is 1.86. The second-order valence-electron chi connectivity index (χ2n) is 1.28. The molecule has 0 fully saturated rings. The van der Waals surface area contributed by atoms with Crippen molar-refractivity contribution in [1.82, 2.24) is 10.6 Å². The Kier molecular flexibility index (Phi) is 0.708. The summed E-state index contributed by atoms with van der Waals surface area (Å²) < 4.78 is 0. The van der Waals surface area contributed by atoms with Crippen LogP contribution in [0.4, 0.5) is 0 Å². The van der Waals surface area contributed by atoms with Crippen molar-refractivity contribution in [3.63, 3.8) is 0 Å². The van der Waals surface area contributed by atoms with Gasteiger partial charge in [0, 0.05) is 5.70 Å². The molecule has 0 aliphatic carbocycles. The molecule has 0 amide bonds. The largest absolute Gasteiger partial charge is 0.370 e. The molecule has 1 radical (unpaired) electrons. The fourth-order valence-corrected chi connectivity index (χ4v) is 0.398. The molecule has 0 atom stereocenters. The maximum Gasteiger partial charge on any atom is 0.0848 e. The summed E-state index contributed by atoms with van der Waals surface area (Å²) in [4.78, 5) is 0. The van der Waals surface area contributed by atoms with E-state index >= 15 is 0 Å². The molecule has 1 heterocycles. The lowest BCUT2D eigenvalue weighted by Gasteiger charge is -1.87. The van der Waals surface area contributed by atoms with E-state index in [2.05, 4.69) is 16.8 Å². The summed E-state index contributed by atoms with van der Waals surface area (Å²) in [5.74, 6) is 0. The van der Waals surface area contributed by atoms with Crippen molar-refractivity contribution in [2.45, 2.75) is 6.92 Å². The molecule has 0 spiro atoms. The van der Waals surface area contributed by atoms with Gasteiger partial charge in [0.15, 0.2) is 0 Å². The van der Waals surface area contributed by atoms with Crippen molar-refractivity contribution in [3.05, 3.63) is 11.9 Å². The summed E-state index contributed by atoms with van der Waals surface area (Å²) in [6.07, 6.45) is 2.88. The summed E-state index contributed by atoms with van der Waals surface area (Å²) in [7, 11) is 0. The maximum absolute atomic E-state index is 3.01. The molecule has 1 aliphatic heterocycles. The lowest BCUT2D eigenvalue weighted by Crippen LogP contribution is -2.12. The van der Waals surface area contributed by atoms with E-state index in [9.17, 15) is 0 Å². The van der Waals surface area contributed by atoms with Crippen molar-refractivity contribution in [2.24, 2.45) is 0 Å². The van der Waals surface area contributed by atoms with Crippen molar-refractivity contribution >= 4 is 0 Å². The molecule has 0 aromatic rings. The summed E-state index contributed by atoms with van der Waals surface area (Å²) in [5, 5.41) is 5.89. The zero-order valence-corrected chi connectivity index (χ0v) is 3.71. The lowest BCUT2D eigenvalue weighted by molar-refractivity contribution is 0.807. The Morgan fingerprint density at radius 1 is 1.83 bits per heavy atom. The molecule has 0 aromatic carbocycles. The highest BCUT2D eigenvalue weighted by molar-refractivity contribution is 4.92. The van der Waals surface area contributed by atoms with Gasteiger partial charge in [0.1, 0.15) is 0 Å². The number of nitrogens with one attached hydrogen (secondary N) is 2. The van der Waals surface area contributed by atoms with Gasteiger partial charge < -0.3 is 10.6 Å². The fraction of sp³-hybridized carbons (Fsp3) is 0.500. The summed E-state index contributed by atoms with van der Waals surface area (Å²) >= 11 is 0. The molecule has 0 saturated heterocycles. The van der Waals surface area contributed by atoms with Crippen LogP contribution in [-0.2, 0) is 0 Å². The van der Waals surface area contributed by atoms with Gasteiger partial charge >= 0.3 is 0 Å². The molecular formula is C4H7N2. The molecule has 33 valence electrons. The van der Waals surface area contributed by atoms with E-state index in [1.54, 1.807) is 0 Å². The topological polar surface area (TPSA) is 24.1 Å². The van der Waals surface area contributed by atoms with Crippen LogP contribution in [-0.4, -0.2) is 6.67 Å². The van der Waals surface area contributed by atoms with E-state index in [1.807, 2.05) is 6.92 Å². The molecule has 6 heavy (non-hydrogen) atoms. The predicted molar refractivity (Wildman–Crippen MR) is 23.6 cm³/mol. The van der Waals surface area contributed by atoms with E-state index in [-0.39, 0.29) is 0 Å². The van der Waals surface area contributed by atoms with Gasteiger partial charge in [0.25, 0.3) is 0 Å². The van der Waals surface area contributed by atoms with Gasteiger partial charge in [-0.2, -0.15) is 0 Å². The highest BCUT2D eigenvalue weighted by Crippen LogP contribution is 1.83. The number of hydrogen-bond donors (Lipinski definition) is 2. The lowest BCUT2D eigenvalue weighted by atomic mass is 10.6. The molecule has 0 bridgehead atoms. The Labute approximate surface area is 37.2 Å². The van der Waals surface area contributed by atoms with Crippen LogP contribution in [0, 0.1) is 6.20 Å². The summed E-state index contributed by atoms with van der Waals surface area (Å²) in [6, 6.07) is 0. The second kappa shape index (κ2) is 1.20. The summed E-state index contributed by atoms with van der Waals surface area (Å²) in [6.45, 7) is 2.81. The van der Waals surface area contributed by atoms with Crippen LogP contribution in [0.15, 0.2) is 5.70 Å². The zero-order valence-electron chi connectivity index (χ0n) is 3.71. The molecule has 2 nitrogen and oxygen atoms in total. The van der Waals surface area contributed by atoms with Gasteiger partial charge in [0.05, 0.1) is 12.9 Å². The van der Waals surface area contributed by atoms with Crippen molar-refractivity contribution in [1.29, 1.82) is 0 Å². The zero-order chi connectivity index (χ0) is 4.41. The quantitative estimate of drug-likeness (QED) is 0.424. The first-order chi connectivity index (χ1) is 2.89. The average molecular weight is 83.1 g/mol. The van der Waals surface area contributed by atoms with Gasteiger partial charge in [0.2, 0.25) is 0 Å². The minimum atomic E-state index is 0.839. The Bertz CT molecular complexity index is 75.6. The van der Waals surface area contributed by atoms with Crippen LogP contribution in [0.1, 0.15) is 6.92 Å². The molecule has 2 heteroatoms. The van der Waals surface area contributed by atoms with Crippen LogP contribution in [0.2, 0.25) is 0 Å². The van der Waals surface area contributed by atoms with E-state index in [0.717, 1.165) is 12.4 Å². The Morgan fingerprint density at radius 2 is 2.67 bits per heavy atom. The van der Waals surface area contributed by atoms with Crippen LogP contribution in [0.3, 0.4) is 0 Å². The normalized spacial score (nSPS) is 18.5. The van der Waals surface area contributed by atoms with Gasteiger partial charge in [-0.05, 0) is 6.92 Å². The predicted octanol–water partition coefficient (Wildman–Crippen LogP) is -0.199. The van der Waals surface area contributed by atoms with Crippen molar-refractivity contribution in [3.8, 4) is 0 Å². The van der Waals surface area contributed by atoms with E-state index in [1.165, 1.54) is 0 Å². The third-order valence-corrected chi connectivity index (χ3v) is 0.718. The third kappa shape index (κ3) is 0.455. The number of allylic oxidation sites excluding steroid dienone is 1. The molecule has 0 unspecified atom stereocenters. The monoisotopic (exact) mass is 83.1 g/mol. The number of rotatable bonds is 0. The molecule has 1 rings (SSSR count). The van der Waals surface area contributed by atoms with E-state index in [0.29, 0.717) is 0 Å². The summed E-state index contributed by atoms with van der Waals surface area (Å²) in [5.41, 5.74) is 1.09. The minimum Gasteiger partial charge on any atom is -0.370 e. The van der Waals surface area contributed by atoms with Gasteiger partial charge in [-0.3, -0.25) is 0 Å². The van der Waals surface area contributed by atoms with Crippen LogP contribution in [0.25, 0.3) is 0 Å². The Hall–Kier alpha value is -0.660. The van der Waals surface area contributed by atoms with Crippen molar-refractivity contribution in [2.75, 3.05) is 6.67 Å². The molecular weight excluding hydrogens is 76.1 g/mol. The van der Waals surface area contributed by atoms with Crippen LogP contribution in [0.5, 0.6) is 0 Å². The molecule has 0 aromatic heterocycles. The Balaban J connectivity index is 2.45. The van der Waals surface area contributed by atoms with Gasteiger partial charge in [-0.25, -0.2) is 0 Å². The minimum absolute atomic E-state index is 0.839. The fourth-order valence-electron chi connectivity index (χ4n) is 0.398. The van der Waals surface area contributed by atoms with E-state index in [4.69, 9.17) is 0 Å². The van der Waals surface area contributed by atoms with Crippen LogP contribution >= 0.6 is 0 Å². The first-order valence-electron chi connectivity index (χ1n) is 1.96. The Morgan fingerprint density at radius 3 is 2.83 bits per heavy atom. The second-order valence-corrected chi connectivity index (χ2v) is 1.28. The number of hydrogen-bond acceptors (Lipinski definition) is 2. The van der Waals surface area contributed by atoms with E-state index < -0.39 is 0 Å². The van der Waals surface area contributed by atoms with Gasteiger partial charge in [-0.15, -0.1) is 0 Å². The smallest absolute Gasteiger partial charge is 0.0848 e. The maximum atomic E-state index is 3.01. The molecule has 2 N–H and O–H groups in total. The van der Waals surface area contributed by atoms with Gasteiger partial charge in [-0.1, -0.05) is 0 Å².